The van der Waals surface area contributed by atoms with Gasteiger partial charge in [0, 0.05) is 6.07 Å². The molecule has 8 nitrogen and oxygen atoms in total. The SMILES string of the molecule is CCCOc1cccc(-c2nc3ncc(Cl)nc3n2-c2c(OC)cccc2OC)n1. The highest BCUT2D eigenvalue weighted by atomic mass is 35.5. The minimum atomic E-state index is 0.247. The van der Waals surface area contributed by atoms with Crippen LogP contribution in [0.3, 0.4) is 0 Å². The third-order valence-corrected chi connectivity index (χ3v) is 4.56. The summed E-state index contributed by atoms with van der Waals surface area (Å²) in [4.78, 5) is 18.1. The molecule has 0 saturated carbocycles. The van der Waals surface area contributed by atoms with Gasteiger partial charge in [-0.2, -0.15) is 0 Å². The van der Waals surface area contributed by atoms with Gasteiger partial charge in [0.25, 0.3) is 0 Å². The number of hydrogen-bond donors (Lipinski definition) is 0. The molecular weight excluding hydrogens is 406 g/mol. The number of fused-ring (bicyclic) bond motifs is 1. The summed E-state index contributed by atoms with van der Waals surface area (Å²) in [6, 6.07) is 11.0. The lowest BCUT2D eigenvalue weighted by molar-refractivity contribution is 0.305. The molecule has 0 N–H and O–H groups in total. The largest absolute Gasteiger partial charge is 0.494 e. The first kappa shape index (κ1) is 19.9. The second-order valence-electron chi connectivity index (χ2n) is 6.33. The molecule has 4 aromatic rings. The monoisotopic (exact) mass is 425 g/mol. The first-order chi connectivity index (χ1) is 14.7. The normalized spacial score (nSPS) is 10.9. The van der Waals surface area contributed by atoms with E-state index in [0.717, 1.165) is 6.42 Å². The van der Waals surface area contributed by atoms with E-state index in [0.29, 0.717) is 52.5 Å². The predicted molar refractivity (Wildman–Crippen MR) is 114 cm³/mol. The molecule has 0 atom stereocenters. The van der Waals surface area contributed by atoms with E-state index in [1.165, 1.54) is 6.20 Å². The van der Waals surface area contributed by atoms with Gasteiger partial charge in [-0.3, -0.25) is 4.57 Å². The van der Waals surface area contributed by atoms with Crippen molar-refractivity contribution in [2.45, 2.75) is 13.3 Å². The lowest BCUT2D eigenvalue weighted by atomic mass is 10.2. The highest BCUT2D eigenvalue weighted by Gasteiger charge is 2.23. The van der Waals surface area contributed by atoms with Crippen molar-refractivity contribution in [2.75, 3.05) is 20.8 Å². The van der Waals surface area contributed by atoms with Gasteiger partial charge in [-0.25, -0.2) is 19.9 Å². The second-order valence-corrected chi connectivity index (χ2v) is 6.72. The van der Waals surface area contributed by atoms with Crippen LogP contribution in [-0.2, 0) is 0 Å². The molecule has 0 aliphatic carbocycles. The fourth-order valence-corrected chi connectivity index (χ4v) is 3.22. The molecule has 0 fully saturated rings. The molecule has 1 aromatic carbocycles. The number of imidazole rings is 1. The maximum atomic E-state index is 6.15. The Labute approximate surface area is 178 Å². The van der Waals surface area contributed by atoms with Gasteiger partial charge in [-0.15, -0.1) is 0 Å². The van der Waals surface area contributed by atoms with Crippen LogP contribution in [-0.4, -0.2) is 45.3 Å². The average Bonchev–Trinajstić information content (AvgIpc) is 3.15. The summed E-state index contributed by atoms with van der Waals surface area (Å²) < 4.78 is 18.7. The number of ether oxygens (including phenoxy) is 3. The summed E-state index contributed by atoms with van der Waals surface area (Å²) in [7, 11) is 3.18. The molecule has 0 radical (unpaired) electrons. The maximum absolute atomic E-state index is 6.15. The first-order valence-electron chi connectivity index (χ1n) is 9.38. The minimum Gasteiger partial charge on any atom is -0.494 e. The van der Waals surface area contributed by atoms with Crippen LogP contribution in [0, 0.1) is 0 Å². The van der Waals surface area contributed by atoms with E-state index >= 15 is 0 Å². The van der Waals surface area contributed by atoms with Crippen molar-refractivity contribution < 1.29 is 14.2 Å². The number of benzene rings is 1. The molecule has 9 heteroatoms. The third kappa shape index (κ3) is 3.61. The number of halogens is 1. The van der Waals surface area contributed by atoms with E-state index in [1.54, 1.807) is 18.8 Å². The summed E-state index contributed by atoms with van der Waals surface area (Å²) >= 11 is 6.15. The molecule has 0 unspecified atom stereocenters. The van der Waals surface area contributed by atoms with Gasteiger partial charge in [0.15, 0.2) is 17.1 Å². The summed E-state index contributed by atoms with van der Waals surface area (Å²) in [6.45, 7) is 2.62. The molecule has 0 aliphatic heterocycles. The van der Waals surface area contributed by atoms with E-state index in [4.69, 9.17) is 25.8 Å². The van der Waals surface area contributed by atoms with Crippen LogP contribution in [0.4, 0.5) is 0 Å². The number of nitrogens with zero attached hydrogens (tertiary/aromatic N) is 5. The van der Waals surface area contributed by atoms with Gasteiger partial charge in [0.05, 0.1) is 27.0 Å². The molecule has 3 heterocycles. The van der Waals surface area contributed by atoms with Crippen molar-refractivity contribution in [3.05, 3.63) is 47.7 Å². The fourth-order valence-electron chi connectivity index (χ4n) is 3.09. The Balaban J connectivity index is 2.02. The van der Waals surface area contributed by atoms with Crippen LogP contribution in [0.15, 0.2) is 42.6 Å². The molecule has 154 valence electrons. The van der Waals surface area contributed by atoms with Gasteiger partial charge in [-0.05, 0) is 24.6 Å². The Bertz CT molecular complexity index is 1170. The number of para-hydroxylation sites is 1. The van der Waals surface area contributed by atoms with Crippen LogP contribution in [0.1, 0.15) is 13.3 Å². The van der Waals surface area contributed by atoms with Gasteiger partial charge >= 0.3 is 0 Å². The van der Waals surface area contributed by atoms with Crippen molar-refractivity contribution in [3.8, 4) is 34.6 Å². The lowest BCUT2D eigenvalue weighted by Gasteiger charge is -2.16. The summed E-state index contributed by atoms with van der Waals surface area (Å²) in [5.41, 5.74) is 2.09. The average molecular weight is 426 g/mol. The topological polar surface area (TPSA) is 84.2 Å². The van der Waals surface area contributed by atoms with E-state index in [-0.39, 0.29) is 5.15 Å². The molecule has 0 spiro atoms. The summed E-state index contributed by atoms with van der Waals surface area (Å²) in [6.07, 6.45) is 2.34. The van der Waals surface area contributed by atoms with Crippen LogP contribution >= 0.6 is 11.6 Å². The van der Waals surface area contributed by atoms with Crippen LogP contribution < -0.4 is 14.2 Å². The Morgan fingerprint density at radius 3 is 2.40 bits per heavy atom. The highest BCUT2D eigenvalue weighted by Crippen LogP contribution is 2.37. The van der Waals surface area contributed by atoms with E-state index in [2.05, 4.69) is 19.9 Å². The fraction of sp³-hybridized carbons (Fsp3) is 0.238. The van der Waals surface area contributed by atoms with Crippen molar-refractivity contribution >= 4 is 22.9 Å². The van der Waals surface area contributed by atoms with Gasteiger partial charge in [0.2, 0.25) is 5.88 Å². The molecule has 3 aromatic heterocycles. The van der Waals surface area contributed by atoms with Crippen molar-refractivity contribution in [3.63, 3.8) is 0 Å². The number of aromatic nitrogens is 5. The summed E-state index contributed by atoms with van der Waals surface area (Å²) in [5, 5.41) is 0.247. The Kier molecular flexibility index (Phi) is 5.67. The maximum Gasteiger partial charge on any atom is 0.213 e. The number of methoxy groups -OCH3 is 2. The zero-order valence-electron chi connectivity index (χ0n) is 16.8. The minimum absolute atomic E-state index is 0.247. The van der Waals surface area contributed by atoms with Crippen LogP contribution in [0.25, 0.3) is 28.5 Å². The van der Waals surface area contributed by atoms with Crippen LogP contribution in [0.5, 0.6) is 17.4 Å². The molecule has 0 saturated heterocycles. The first-order valence-corrected chi connectivity index (χ1v) is 9.76. The Morgan fingerprint density at radius 2 is 1.70 bits per heavy atom. The Hall–Kier alpha value is -3.39. The highest BCUT2D eigenvalue weighted by molar-refractivity contribution is 6.29. The zero-order valence-corrected chi connectivity index (χ0v) is 17.6. The van der Waals surface area contributed by atoms with Crippen molar-refractivity contribution in [2.24, 2.45) is 0 Å². The van der Waals surface area contributed by atoms with E-state index < -0.39 is 0 Å². The quantitative estimate of drug-likeness (QED) is 0.435. The standard InChI is InChI=1S/C21H20ClN5O3/c1-4-11-30-17-10-5-7-13(24-17)20-26-19-21(25-16(22)12-23-19)27(20)18-14(28-2)8-6-9-15(18)29-3/h5-10,12H,4,11H2,1-3H3. The number of rotatable bonds is 7. The zero-order chi connectivity index (χ0) is 21.1. The summed E-state index contributed by atoms with van der Waals surface area (Å²) in [5.74, 6) is 2.18. The smallest absolute Gasteiger partial charge is 0.213 e. The van der Waals surface area contributed by atoms with Gasteiger partial charge in [-0.1, -0.05) is 30.7 Å². The van der Waals surface area contributed by atoms with Crippen LogP contribution in [0.2, 0.25) is 5.15 Å². The molecule has 0 bridgehead atoms. The molecule has 30 heavy (non-hydrogen) atoms. The molecule has 0 aliphatic rings. The lowest BCUT2D eigenvalue weighted by Crippen LogP contribution is -2.05. The van der Waals surface area contributed by atoms with Gasteiger partial charge < -0.3 is 14.2 Å². The molecule has 4 rings (SSSR count). The predicted octanol–water partition coefficient (Wildman–Crippen LogP) is 4.34. The number of pyridine rings is 1. The molecule has 0 amide bonds. The third-order valence-electron chi connectivity index (χ3n) is 4.37. The van der Waals surface area contributed by atoms with E-state index in [9.17, 15) is 0 Å². The van der Waals surface area contributed by atoms with Gasteiger partial charge in [0.1, 0.15) is 28.0 Å². The second kappa shape index (κ2) is 8.54. The number of hydrogen-bond acceptors (Lipinski definition) is 7. The van der Waals surface area contributed by atoms with Crippen molar-refractivity contribution in [1.82, 2.24) is 24.5 Å². The molecular formula is C21H20ClN5O3. The van der Waals surface area contributed by atoms with E-state index in [1.807, 2.05) is 43.3 Å². The van der Waals surface area contributed by atoms with Crippen molar-refractivity contribution in [1.29, 1.82) is 0 Å². The Morgan fingerprint density at radius 1 is 0.967 bits per heavy atom.